The van der Waals surface area contributed by atoms with E-state index in [1.54, 1.807) is 12.1 Å². The number of aromatic hydroxyl groups is 1. The minimum absolute atomic E-state index is 0.143. The van der Waals surface area contributed by atoms with Crippen LogP contribution in [0.2, 0.25) is 0 Å². The summed E-state index contributed by atoms with van der Waals surface area (Å²) in [6, 6.07) is 15.9. The molecule has 27 heavy (non-hydrogen) atoms. The molecule has 2 aromatic rings. The zero-order valence-electron chi connectivity index (χ0n) is 15.7. The van der Waals surface area contributed by atoms with Crippen molar-refractivity contribution < 1.29 is 9.90 Å². The molecule has 1 heterocycles. The third-order valence-corrected chi connectivity index (χ3v) is 5.92. The van der Waals surface area contributed by atoms with Gasteiger partial charge in [-0.2, -0.15) is 0 Å². The lowest BCUT2D eigenvalue weighted by molar-refractivity contribution is -0.128. The Kier molecular flexibility index (Phi) is 5.44. The number of nitrogens with one attached hydrogen (secondary N) is 1. The maximum Gasteiger partial charge on any atom is 0.237 e. The summed E-state index contributed by atoms with van der Waals surface area (Å²) in [5, 5.41) is 12.9. The molecule has 1 fully saturated rings. The molecule has 4 rings (SSSR count). The van der Waals surface area contributed by atoms with Crippen LogP contribution in [0.3, 0.4) is 0 Å². The number of carbonyl (C=O) groups excluding carboxylic acids is 1. The molecule has 1 saturated carbocycles. The first-order valence-corrected chi connectivity index (χ1v) is 10.1. The summed E-state index contributed by atoms with van der Waals surface area (Å²) in [7, 11) is 0. The van der Waals surface area contributed by atoms with Gasteiger partial charge in [0, 0.05) is 19.1 Å². The molecule has 0 saturated heterocycles. The average Bonchev–Trinajstić information content (AvgIpc) is 2.70. The fraction of sp³-hybridized carbons (Fsp3) is 0.435. The molecule has 1 aliphatic heterocycles. The van der Waals surface area contributed by atoms with E-state index in [2.05, 4.69) is 34.5 Å². The van der Waals surface area contributed by atoms with Crippen molar-refractivity contribution >= 4 is 5.91 Å². The lowest BCUT2D eigenvalue weighted by Crippen LogP contribution is -2.52. The molecule has 4 heteroatoms. The predicted octanol–water partition coefficient (Wildman–Crippen LogP) is 3.77. The molecule has 4 nitrogen and oxygen atoms in total. The third kappa shape index (κ3) is 4.33. The number of amides is 1. The SMILES string of the molecule is O=C(NC1CCCCC1)C1Cc2ccccc2CN1Cc1ccc(O)cc1. The Morgan fingerprint density at radius 3 is 2.44 bits per heavy atom. The van der Waals surface area contributed by atoms with Gasteiger partial charge in [-0.25, -0.2) is 0 Å². The first kappa shape index (κ1) is 18.1. The van der Waals surface area contributed by atoms with E-state index in [4.69, 9.17) is 0 Å². The molecule has 1 amide bonds. The van der Waals surface area contributed by atoms with Crippen molar-refractivity contribution in [2.45, 2.75) is 63.7 Å². The van der Waals surface area contributed by atoms with Crippen LogP contribution in [-0.4, -0.2) is 28.0 Å². The quantitative estimate of drug-likeness (QED) is 0.868. The maximum absolute atomic E-state index is 13.1. The standard InChI is InChI=1S/C23H28N2O2/c26-21-12-10-17(11-13-21)15-25-16-19-7-5-4-6-18(19)14-22(25)23(27)24-20-8-2-1-3-9-20/h4-7,10-13,20,22,26H,1-3,8-9,14-16H2,(H,24,27). The number of phenolic OH excluding ortho intramolecular Hbond substituents is 1. The van der Waals surface area contributed by atoms with Gasteiger partial charge in [-0.3, -0.25) is 9.69 Å². The Morgan fingerprint density at radius 2 is 1.70 bits per heavy atom. The highest BCUT2D eigenvalue weighted by atomic mass is 16.3. The first-order chi connectivity index (χ1) is 13.2. The largest absolute Gasteiger partial charge is 0.508 e. The molecule has 1 atom stereocenters. The topological polar surface area (TPSA) is 52.6 Å². The van der Waals surface area contributed by atoms with E-state index in [1.165, 1.54) is 30.4 Å². The van der Waals surface area contributed by atoms with Gasteiger partial charge in [-0.05, 0) is 48.1 Å². The summed E-state index contributed by atoms with van der Waals surface area (Å²) < 4.78 is 0. The molecule has 0 bridgehead atoms. The van der Waals surface area contributed by atoms with Crippen LogP contribution in [0.5, 0.6) is 5.75 Å². The number of nitrogens with zero attached hydrogens (tertiary/aromatic N) is 1. The fourth-order valence-electron chi connectivity index (χ4n) is 4.38. The van der Waals surface area contributed by atoms with Gasteiger partial charge in [-0.1, -0.05) is 55.7 Å². The molecular formula is C23H28N2O2. The third-order valence-electron chi connectivity index (χ3n) is 5.92. The van der Waals surface area contributed by atoms with Crippen molar-refractivity contribution in [2.24, 2.45) is 0 Å². The minimum Gasteiger partial charge on any atom is -0.508 e. The summed E-state index contributed by atoms with van der Waals surface area (Å²) >= 11 is 0. The molecule has 0 radical (unpaired) electrons. The summed E-state index contributed by atoms with van der Waals surface area (Å²) in [5.41, 5.74) is 3.70. The first-order valence-electron chi connectivity index (χ1n) is 10.1. The maximum atomic E-state index is 13.1. The van der Waals surface area contributed by atoms with Crippen molar-refractivity contribution in [2.75, 3.05) is 0 Å². The zero-order valence-corrected chi connectivity index (χ0v) is 15.7. The van der Waals surface area contributed by atoms with Crippen molar-refractivity contribution in [3.8, 4) is 5.75 Å². The van der Waals surface area contributed by atoms with E-state index >= 15 is 0 Å². The lowest BCUT2D eigenvalue weighted by Gasteiger charge is -2.37. The van der Waals surface area contributed by atoms with Crippen molar-refractivity contribution in [1.82, 2.24) is 10.2 Å². The predicted molar refractivity (Wildman–Crippen MR) is 106 cm³/mol. The van der Waals surface area contributed by atoms with Crippen LogP contribution in [0, 0.1) is 0 Å². The normalized spacial score (nSPS) is 20.8. The van der Waals surface area contributed by atoms with Crippen molar-refractivity contribution in [3.63, 3.8) is 0 Å². The summed E-state index contributed by atoms with van der Waals surface area (Å²) in [4.78, 5) is 15.4. The minimum atomic E-state index is -0.143. The van der Waals surface area contributed by atoms with Gasteiger partial charge in [-0.15, -0.1) is 0 Å². The molecule has 2 aliphatic rings. The van der Waals surface area contributed by atoms with Crippen LogP contribution in [-0.2, 0) is 24.3 Å². The monoisotopic (exact) mass is 364 g/mol. The van der Waals surface area contributed by atoms with Gasteiger partial charge >= 0.3 is 0 Å². The van der Waals surface area contributed by atoms with Crippen LogP contribution in [0.15, 0.2) is 48.5 Å². The molecular weight excluding hydrogens is 336 g/mol. The van der Waals surface area contributed by atoms with Gasteiger partial charge in [0.05, 0.1) is 6.04 Å². The van der Waals surface area contributed by atoms with Gasteiger partial charge in [0.15, 0.2) is 0 Å². The molecule has 2 N–H and O–H groups in total. The second-order valence-corrected chi connectivity index (χ2v) is 7.90. The van der Waals surface area contributed by atoms with Gasteiger partial charge < -0.3 is 10.4 Å². The second-order valence-electron chi connectivity index (χ2n) is 7.90. The van der Waals surface area contributed by atoms with Crippen LogP contribution in [0.25, 0.3) is 0 Å². The van der Waals surface area contributed by atoms with Crippen LogP contribution >= 0.6 is 0 Å². The van der Waals surface area contributed by atoms with E-state index in [9.17, 15) is 9.90 Å². The van der Waals surface area contributed by atoms with E-state index in [1.807, 2.05) is 12.1 Å². The Labute approximate surface area is 161 Å². The Morgan fingerprint density at radius 1 is 1.00 bits per heavy atom. The molecule has 1 aliphatic carbocycles. The zero-order chi connectivity index (χ0) is 18.6. The molecule has 1 unspecified atom stereocenters. The smallest absolute Gasteiger partial charge is 0.237 e. The Hall–Kier alpha value is -2.33. The fourth-order valence-corrected chi connectivity index (χ4v) is 4.38. The Balaban J connectivity index is 1.53. The number of benzene rings is 2. The highest BCUT2D eigenvalue weighted by molar-refractivity contribution is 5.82. The molecule has 0 aromatic heterocycles. The number of fused-ring (bicyclic) bond motifs is 1. The average molecular weight is 364 g/mol. The van der Waals surface area contributed by atoms with Crippen LogP contribution < -0.4 is 5.32 Å². The van der Waals surface area contributed by atoms with E-state index in [-0.39, 0.29) is 17.7 Å². The van der Waals surface area contributed by atoms with Gasteiger partial charge in [0.2, 0.25) is 5.91 Å². The van der Waals surface area contributed by atoms with Gasteiger partial charge in [0.25, 0.3) is 0 Å². The highest BCUT2D eigenvalue weighted by Gasteiger charge is 2.32. The van der Waals surface area contributed by atoms with Crippen LogP contribution in [0.1, 0.15) is 48.8 Å². The lowest BCUT2D eigenvalue weighted by atomic mass is 9.91. The number of hydrogen-bond acceptors (Lipinski definition) is 3. The number of phenols is 1. The molecule has 2 aromatic carbocycles. The number of hydrogen-bond donors (Lipinski definition) is 2. The Bertz CT molecular complexity index is 781. The summed E-state index contributed by atoms with van der Waals surface area (Å²) in [6.45, 7) is 1.48. The summed E-state index contributed by atoms with van der Waals surface area (Å²) in [5.74, 6) is 0.435. The molecule has 0 spiro atoms. The van der Waals surface area contributed by atoms with Crippen molar-refractivity contribution in [1.29, 1.82) is 0 Å². The highest BCUT2D eigenvalue weighted by Crippen LogP contribution is 2.26. The number of carbonyl (C=O) groups is 1. The van der Waals surface area contributed by atoms with Gasteiger partial charge in [0.1, 0.15) is 5.75 Å². The van der Waals surface area contributed by atoms with E-state index < -0.39 is 0 Å². The van der Waals surface area contributed by atoms with Crippen molar-refractivity contribution in [3.05, 3.63) is 65.2 Å². The van der Waals surface area contributed by atoms with E-state index in [0.717, 1.165) is 31.4 Å². The van der Waals surface area contributed by atoms with Crippen LogP contribution in [0.4, 0.5) is 0 Å². The summed E-state index contributed by atoms with van der Waals surface area (Å²) in [6.07, 6.45) is 6.69. The van der Waals surface area contributed by atoms with E-state index in [0.29, 0.717) is 12.6 Å². The number of rotatable bonds is 4. The second kappa shape index (κ2) is 8.13. The molecule has 142 valence electrons.